The van der Waals surface area contributed by atoms with Crippen LogP contribution in [0.2, 0.25) is 0 Å². The molecule has 0 atom stereocenters. The third-order valence-corrected chi connectivity index (χ3v) is 5.16. The second-order valence-corrected chi connectivity index (χ2v) is 8.41. The fourth-order valence-corrected chi connectivity index (χ4v) is 3.20. The minimum Gasteiger partial charge on any atom is -0.494 e. The number of hydrogen-bond acceptors (Lipinski definition) is 4. The lowest BCUT2D eigenvalue weighted by atomic mass is 10.1. The Morgan fingerprint density at radius 2 is 1.66 bits per heavy atom. The Morgan fingerprint density at radius 3 is 2.34 bits per heavy atom. The van der Waals surface area contributed by atoms with Crippen molar-refractivity contribution >= 4 is 10.9 Å². The van der Waals surface area contributed by atoms with Gasteiger partial charge in [-0.2, -0.15) is 0 Å². The van der Waals surface area contributed by atoms with E-state index in [0.29, 0.717) is 31.1 Å². The van der Waals surface area contributed by atoms with Gasteiger partial charge in [-0.25, -0.2) is 0 Å². The lowest BCUT2D eigenvalue weighted by Crippen LogP contribution is -2.14. The van der Waals surface area contributed by atoms with Crippen molar-refractivity contribution in [3.8, 4) is 17.2 Å². The maximum Gasteiger partial charge on any atom is 0.294 e. The number of hydrogen-bond donors (Lipinski definition) is 1. The predicted molar refractivity (Wildman–Crippen MR) is 133 cm³/mol. The Hall–Kier alpha value is -2.69. The molecule has 0 saturated carbocycles. The molecule has 0 spiro atoms. The van der Waals surface area contributed by atoms with Gasteiger partial charge in [-0.1, -0.05) is 43.9 Å². The number of ether oxygens (including phenoxy) is 3. The molecule has 176 valence electrons. The molecular formula is C27H39NO4. The number of H-pyrrole nitrogens is 1. The molecule has 0 fully saturated rings. The molecule has 32 heavy (non-hydrogen) atoms. The van der Waals surface area contributed by atoms with E-state index >= 15 is 0 Å². The topological polar surface area (TPSA) is 60.6 Å². The maximum absolute atomic E-state index is 12.9. The summed E-state index contributed by atoms with van der Waals surface area (Å²) in [6, 6.07) is 5.71. The lowest BCUT2D eigenvalue weighted by Gasteiger charge is -2.15. The first-order valence-corrected chi connectivity index (χ1v) is 11.8. The number of fused-ring (bicyclic) bond motifs is 1. The zero-order valence-corrected chi connectivity index (χ0v) is 20.4. The van der Waals surface area contributed by atoms with E-state index in [0.717, 1.165) is 49.7 Å². The SMILES string of the molecule is CCCCOc1ccc2c(OCCCC)c(OC/C=C(\C)CCC=C(C)C)c(=O)[nH]c2c1. The molecule has 0 unspecified atom stereocenters. The van der Waals surface area contributed by atoms with Crippen LogP contribution >= 0.6 is 0 Å². The summed E-state index contributed by atoms with van der Waals surface area (Å²) < 4.78 is 17.8. The summed E-state index contributed by atoms with van der Waals surface area (Å²) in [7, 11) is 0. The van der Waals surface area contributed by atoms with Crippen molar-refractivity contribution in [2.45, 2.75) is 73.1 Å². The number of benzene rings is 1. The van der Waals surface area contributed by atoms with Gasteiger partial charge in [-0.15, -0.1) is 0 Å². The van der Waals surface area contributed by atoms with Crippen molar-refractivity contribution in [3.63, 3.8) is 0 Å². The van der Waals surface area contributed by atoms with Gasteiger partial charge in [0.1, 0.15) is 12.4 Å². The van der Waals surface area contributed by atoms with Gasteiger partial charge in [-0.3, -0.25) is 4.79 Å². The zero-order chi connectivity index (χ0) is 23.3. The number of pyridine rings is 1. The molecule has 1 N–H and O–H groups in total. The molecule has 1 heterocycles. The summed E-state index contributed by atoms with van der Waals surface area (Å²) in [6.07, 6.45) is 10.2. The third kappa shape index (κ3) is 8.10. The van der Waals surface area contributed by atoms with Crippen molar-refractivity contribution in [1.29, 1.82) is 0 Å². The van der Waals surface area contributed by atoms with Crippen LogP contribution < -0.4 is 19.8 Å². The van der Waals surface area contributed by atoms with Crippen molar-refractivity contribution in [2.24, 2.45) is 0 Å². The molecule has 1 aromatic carbocycles. The zero-order valence-electron chi connectivity index (χ0n) is 20.4. The predicted octanol–water partition coefficient (Wildman–Crippen LogP) is 6.96. The normalized spacial score (nSPS) is 11.5. The fourth-order valence-electron chi connectivity index (χ4n) is 3.20. The van der Waals surface area contributed by atoms with Gasteiger partial charge in [0.25, 0.3) is 5.56 Å². The summed E-state index contributed by atoms with van der Waals surface area (Å²) in [5.74, 6) is 1.49. The largest absolute Gasteiger partial charge is 0.494 e. The maximum atomic E-state index is 12.9. The Labute approximate surface area is 192 Å². The first-order valence-electron chi connectivity index (χ1n) is 11.8. The van der Waals surface area contributed by atoms with Gasteiger partial charge < -0.3 is 19.2 Å². The lowest BCUT2D eigenvalue weighted by molar-refractivity contribution is 0.279. The summed E-state index contributed by atoms with van der Waals surface area (Å²) in [5.41, 5.74) is 2.97. The molecule has 0 aliphatic heterocycles. The van der Waals surface area contributed by atoms with Crippen molar-refractivity contribution in [2.75, 3.05) is 19.8 Å². The summed E-state index contributed by atoms with van der Waals surface area (Å²) in [4.78, 5) is 15.8. The van der Waals surface area contributed by atoms with Crippen molar-refractivity contribution < 1.29 is 14.2 Å². The van der Waals surface area contributed by atoms with Gasteiger partial charge in [0.2, 0.25) is 5.75 Å². The highest BCUT2D eigenvalue weighted by atomic mass is 16.5. The molecular weight excluding hydrogens is 402 g/mol. The molecule has 2 aromatic rings. The van der Waals surface area contributed by atoms with Crippen LogP contribution in [-0.2, 0) is 0 Å². The first kappa shape index (κ1) is 25.6. The monoisotopic (exact) mass is 441 g/mol. The molecule has 0 amide bonds. The van der Waals surface area contributed by atoms with Crippen LogP contribution in [0.3, 0.4) is 0 Å². The number of unbranched alkanes of at least 4 members (excludes halogenated alkanes) is 2. The van der Waals surface area contributed by atoms with E-state index in [-0.39, 0.29) is 11.3 Å². The van der Waals surface area contributed by atoms with Gasteiger partial charge in [-0.05, 0) is 64.7 Å². The van der Waals surface area contributed by atoms with E-state index in [1.807, 2.05) is 24.3 Å². The van der Waals surface area contributed by atoms with Crippen molar-refractivity contribution in [1.82, 2.24) is 4.98 Å². The van der Waals surface area contributed by atoms with Gasteiger partial charge >= 0.3 is 0 Å². The van der Waals surface area contributed by atoms with E-state index in [1.165, 1.54) is 11.1 Å². The number of rotatable bonds is 14. The van der Waals surface area contributed by atoms with E-state index in [9.17, 15) is 4.79 Å². The smallest absolute Gasteiger partial charge is 0.294 e. The van der Waals surface area contributed by atoms with Gasteiger partial charge in [0.15, 0.2) is 5.75 Å². The molecule has 0 aliphatic carbocycles. The van der Waals surface area contributed by atoms with E-state index in [1.54, 1.807) is 0 Å². The van der Waals surface area contributed by atoms with Crippen LogP contribution in [-0.4, -0.2) is 24.8 Å². The Morgan fingerprint density at radius 1 is 0.938 bits per heavy atom. The first-order chi connectivity index (χ1) is 15.5. The van der Waals surface area contributed by atoms with Gasteiger partial charge in [0, 0.05) is 11.5 Å². The van der Waals surface area contributed by atoms with Crippen LogP contribution in [0.25, 0.3) is 10.9 Å². The molecule has 1 aromatic heterocycles. The minimum absolute atomic E-state index is 0.238. The van der Waals surface area contributed by atoms with Crippen molar-refractivity contribution in [3.05, 3.63) is 51.9 Å². The minimum atomic E-state index is -0.287. The van der Waals surface area contributed by atoms with Gasteiger partial charge in [0.05, 0.1) is 18.7 Å². The highest BCUT2D eigenvalue weighted by molar-refractivity contribution is 5.88. The summed E-state index contributed by atoms with van der Waals surface area (Å²) in [6.45, 7) is 12.1. The van der Waals surface area contributed by atoms with E-state index in [2.05, 4.69) is 45.7 Å². The number of nitrogens with one attached hydrogen (secondary N) is 1. The third-order valence-electron chi connectivity index (χ3n) is 5.16. The molecule has 5 nitrogen and oxygen atoms in total. The Kier molecular flexibility index (Phi) is 10.9. The Bertz CT molecular complexity index is 968. The number of aromatic nitrogens is 1. The average molecular weight is 442 g/mol. The van der Waals surface area contributed by atoms with Crippen LogP contribution in [0.15, 0.2) is 46.3 Å². The van der Waals surface area contributed by atoms with E-state index in [4.69, 9.17) is 14.2 Å². The van der Waals surface area contributed by atoms with Crippen LogP contribution in [0.4, 0.5) is 0 Å². The Balaban J connectivity index is 2.25. The molecule has 2 rings (SSSR count). The standard InChI is InChI=1S/C27H39NO4/c1-6-8-16-30-22-13-14-23-24(19-22)28-27(29)26(25(23)31-17-9-7-2)32-18-15-21(5)12-10-11-20(3)4/h11,13-15,19H,6-10,12,16-18H2,1-5H3,(H,28,29)/b21-15+. The summed E-state index contributed by atoms with van der Waals surface area (Å²) in [5, 5.41) is 0.822. The molecule has 0 aliphatic rings. The molecule has 5 heteroatoms. The van der Waals surface area contributed by atoms with Crippen LogP contribution in [0.1, 0.15) is 73.1 Å². The second-order valence-electron chi connectivity index (χ2n) is 8.41. The summed E-state index contributed by atoms with van der Waals surface area (Å²) >= 11 is 0. The molecule has 0 radical (unpaired) electrons. The highest BCUT2D eigenvalue weighted by Gasteiger charge is 2.16. The van der Waals surface area contributed by atoms with E-state index < -0.39 is 0 Å². The second kappa shape index (κ2) is 13.7. The number of aromatic amines is 1. The molecule has 0 saturated heterocycles. The number of allylic oxidation sites excluding steroid dienone is 3. The average Bonchev–Trinajstić information content (AvgIpc) is 2.75. The van der Waals surface area contributed by atoms with Crippen LogP contribution in [0, 0.1) is 0 Å². The fraction of sp³-hybridized carbons (Fsp3) is 0.519. The highest BCUT2D eigenvalue weighted by Crippen LogP contribution is 2.33. The molecule has 0 bridgehead atoms. The quantitative estimate of drug-likeness (QED) is 0.254. The van der Waals surface area contributed by atoms with Crippen LogP contribution in [0.5, 0.6) is 17.2 Å².